The van der Waals surface area contributed by atoms with Crippen molar-refractivity contribution in [2.75, 3.05) is 20.8 Å². The second-order valence-electron chi connectivity index (χ2n) is 9.96. The van der Waals surface area contributed by atoms with Gasteiger partial charge in [-0.2, -0.15) is 0 Å². The number of hydrogen-bond donors (Lipinski definition) is 0. The minimum absolute atomic E-state index is 0.290. The Kier molecular flexibility index (Phi) is 6.93. The zero-order valence-corrected chi connectivity index (χ0v) is 22.0. The number of hydrogen-bond acceptors (Lipinski definition) is 5. The SMILES string of the molecule is COc1cc2c(cc1OCc1ccccc1)CC1c3cc(OC)c(OCc4ccccc4)cc3CCN1C2. The molecule has 0 aromatic heterocycles. The lowest BCUT2D eigenvalue weighted by Gasteiger charge is -2.42. The summed E-state index contributed by atoms with van der Waals surface area (Å²) in [7, 11) is 3.43. The van der Waals surface area contributed by atoms with Gasteiger partial charge in [0.05, 0.1) is 14.2 Å². The molecule has 5 nitrogen and oxygen atoms in total. The van der Waals surface area contributed by atoms with Gasteiger partial charge in [-0.05, 0) is 70.5 Å². The largest absolute Gasteiger partial charge is 0.493 e. The zero-order chi connectivity index (χ0) is 25.9. The second-order valence-corrected chi connectivity index (χ2v) is 9.96. The highest BCUT2D eigenvalue weighted by Crippen LogP contribution is 2.44. The molecular formula is C33H33NO4. The molecule has 2 aliphatic rings. The van der Waals surface area contributed by atoms with Gasteiger partial charge in [0.1, 0.15) is 13.2 Å². The topological polar surface area (TPSA) is 40.2 Å². The van der Waals surface area contributed by atoms with E-state index in [1.165, 1.54) is 22.3 Å². The maximum atomic E-state index is 6.23. The Morgan fingerprint density at radius 3 is 1.82 bits per heavy atom. The van der Waals surface area contributed by atoms with Gasteiger partial charge in [0.15, 0.2) is 23.0 Å². The first-order valence-corrected chi connectivity index (χ1v) is 13.2. The third kappa shape index (κ3) is 4.94. The van der Waals surface area contributed by atoms with Crippen molar-refractivity contribution >= 4 is 0 Å². The van der Waals surface area contributed by atoms with E-state index in [9.17, 15) is 0 Å². The molecule has 0 saturated carbocycles. The van der Waals surface area contributed by atoms with Crippen LogP contribution in [0.3, 0.4) is 0 Å². The molecule has 6 rings (SSSR count). The van der Waals surface area contributed by atoms with Crippen molar-refractivity contribution in [3.63, 3.8) is 0 Å². The Morgan fingerprint density at radius 1 is 0.658 bits per heavy atom. The Labute approximate surface area is 224 Å². The highest BCUT2D eigenvalue weighted by Gasteiger charge is 2.34. The monoisotopic (exact) mass is 507 g/mol. The fourth-order valence-electron chi connectivity index (χ4n) is 5.61. The van der Waals surface area contributed by atoms with Crippen LogP contribution in [-0.4, -0.2) is 25.7 Å². The average molecular weight is 508 g/mol. The minimum Gasteiger partial charge on any atom is -0.493 e. The lowest BCUT2D eigenvalue weighted by molar-refractivity contribution is 0.159. The van der Waals surface area contributed by atoms with Gasteiger partial charge in [-0.3, -0.25) is 4.90 Å². The van der Waals surface area contributed by atoms with Crippen LogP contribution in [0.25, 0.3) is 0 Å². The molecule has 0 bridgehead atoms. The molecule has 4 aromatic carbocycles. The predicted molar refractivity (Wildman–Crippen MR) is 148 cm³/mol. The average Bonchev–Trinajstić information content (AvgIpc) is 2.98. The summed E-state index contributed by atoms with van der Waals surface area (Å²) in [5.41, 5.74) is 7.57. The van der Waals surface area contributed by atoms with E-state index < -0.39 is 0 Å². The molecule has 0 amide bonds. The van der Waals surface area contributed by atoms with E-state index in [4.69, 9.17) is 18.9 Å². The van der Waals surface area contributed by atoms with E-state index in [1.54, 1.807) is 14.2 Å². The van der Waals surface area contributed by atoms with Crippen molar-refractivity contribution in [3.05, 3.63) is 118 Å². The molecule has 1 atom stereocenters. The van der Waals surface area contributed by atoms with Crippen molar-refractivity contribution < 1.29 is 18.9 Å². The number of nitrogens with zero attached hydrogens (tertiary/aromatic N) is 1. The maximum absolute atomic E-state index is 6.23. The number of ether oxygens (including phenoxy) is 4. The Hall–Kier alpha value is -3.96. The van der Waals surface area contributed by atoms with Gasteiger partial charge in [0.25, 0.3) is 0 Å². The first-order valence-electron chi connectivity index (χ1n) is 13.2. The Balaban J connectivity index is 1.25. The molecule has 2 aliphatic heterocycles. The molecule has 0 N–H and O–H groups in total. The van der Waals surface area contributed by atoms with Crippen LogP contribution in [0.15, 0.2) is 84.9 Å². The van der Waals surface area contributed by atoms with Gasteiger partial charge >= 0.3 is 0 Å². The summed E-state index contributed by atoms with van der Waals surface area (Å²) in [6.45, 7) is 2.93. The van der Waals surface area contributed by atoms with Crippen molar-refractivity contribution in [1.29, 1.82) is 0 Å². The quantitative estimate of drug-likeness (QED) is 0.272. The summed E-state index contributed by atoms with van der Waals surface area (Å²) in [6.07, 6.45) is 1.91. The molecule has 5 heteroatoms. The van der Waals surface area contributed by atoms with E-state index in [0.717, 1.165) is 60.1 Å². The summed E-state index contributed by atoms with van der Waals surface area (Å²) >= 11 is 0. The minimum atomic E-state index is 0.290. The summed E-state index contributed by atoms with van der Waals surface area (Å²) in [5, 5.41) is 0. The lowest BCUT2D eigenvalue weighted by Crippen LogP contribution is -2.39. The standard InChI is InChI=1S/C33H33NO4/c1-35-30-18-27-20-34-14-13-25-16-32(37-21-23-9-5-3-6-10-23)31(36-2)19-28(25)29(34)15-26(27)17-33(30)38-22-24-11-7-4-8-12-24/h3-12,16-19,29H,13-15,20-22H2,1-2H3. The number of methoxy groups -OCH3 is 2. The predicted octanol–water partition coefficient (Wildman–Crippen LogP) is 6.52. The molecule has 38 heavy (non-hydrogen) atoms. The highest BCUT2D eigenvalue weighted by atomic mass is 16.5. The first kappa shape index (κ1) is 24.4. The van der Waals surface area contributed by atoms with E-state index in [-0.39, 0.29) is 0 Å². The molecule has 194 valence electrons. The van der Waals surface area contributed by atoms with Crippen molar-refractivity contribution in [2.24, 2.45) is 0 Å². The highest BCUT2D eigenvalue weighted by molar-refractivity contribution is 5.53. The molecule has 0 fully saturated rings. The fourth-order valence-corrected chi connectivity index (χ4v) is 5.61. The fraction of sp³-hybridized carbons (Fsp3) is 0.273. The Morgan fingerprint density at radius 2 is 1.21 bits per heavy atom. The smallest absolute Gasteiger partial charge is 0.161 e. The van der Waals surface area contributed by atoms with Crippen LogP contribution in [0.5, 0.6) is 23.0 Å². The first-order chi connectivity index (χ1) is 18.7. The van der Waals surface area contributed by atoms with Gasteiger partial charge < -0.3 is 18.9 Å². The third-order valence-electron chi connectivity index (χ3n) is 7.64. The number of rotatable bonds is 8. The second kappa shape index (κ2) is 10.8. The van der Waals surface area contributed by atoms with E-state index >= 15 is 0 Å². The van der Waals surface area contributed by atoms with Gasteiger partial charge in [0, 0.05) is 19.1 Å². The molecule has 4 aromatic rings. The van der Waals surface area contributed by atoms with Crippen LogP contribution in [0.1, 0.15) is 39.4 Å². The molecule has 0 spiro atoms. The molecular weight excluding hydrogens is 474 g/mol. The number of fused-ring (bicyclic) bond motifs is 4. The summed E-state index contributed by atoms with van der Waals surface area (Å²) in [4.78, 5) is 2.57. The van der Waals surface area contributed by atoms with Crippen LogP contribution in [0.4, 0.5) is 0 Å². The van der Waals surface area contributed by atoms with Crippen LogP contribution in [0, 0.1) is 0 Å². The summed E-state index contributed by atoms with van der Waals surface area (Å²) in [6, 6.07) is 29.5. The number of benzene rings is 4. The third-order valence-corrected chi connectivity index (χ3v) is 7.64. The van der Waals surface area contributed by atoms with Crippen LogP contribution < -0.4 is 18.9 Å². The van der Waals surface area contributed by atoms with Crippen LogP contribution in [-0.2, 0) is 32.6 Å². The molecule has 1 unspecified atom stereocenters. The van der Waals surface area contributed by atoms with Crippen molar-refractivity contribution in [2.45, 2.75) is 38.6 Å². The molecule has 0 aliphatic carbocycles. The van der Waals surface area contributed by atoms with Gasteiger partial charge in [-0.25, -0.2) is 0 Å². The van der Waals surface area contributed by atoms with Crippen LogP contribution in [0.2, 0.25) is 0 Å². The van der Waals surface area contributed by atoms with E-state index in [1.807, 2.05) is 36.4 Å². The van der Waals surface area contributed by atoms with E-state index in [2.05, 4.69) is 53.4 Å². The maximum Gasteiger partial charge on any atom is 0.161 e. The van der Waals surface area contributed by atoms with E-state index in [0.29, 0.717) is 19.3 Å². The molecule has 2 heterocycles. The van der Waals surface area contributed by atoms with Crippen molar-refractivity contribution in [3.8, 4) is 23.0 Å². The van der Waals surface area contributed by atoms with Gasteiger partial charge in [0.2, 0.25) is 0 Å². The molecule has 0 radical (unpaired) electrons. The molecule has 0 saturated heterocycles. The van der Waals surface area contributed by atoms with Gasteiger partial charge in [-0.15, -0.1) is 0 Å². The lowest BCUT2D eigenvalue weighted by atomic mass is 9.83. The van der Waals surface area contributed by atoms with Gasteiger partial charge in [-0.1, -0.05) is 60.7 Å². The van der Waals surface area contributed by atoms with Crippen molar-refractivity contribution in [1.82, 2.24) is 4.90 Å². The normalized spacial score (nSPS) is 16.1. The Bertz CT molecular complexity index is 1400. The summed E-state index contributed by atoms with van der Waals surface area (Å²) in [5.74, 6) is 3.18. The zero-order valence-electron chi connectivity index (χ0n) is 22.0. The van der Waals surface area contributed by atoms with Crippen LogP contribution >= 0.6 is 0 Å². The summed E-state index contributed by atoms with van der Waals surface area (Å²) < 4.78 is 23.9.